The highest BCUT2D eigenvalue weighted by Crippen LogP contribution is 2.62. The first kappa shape index (κ1) is 11.3. The van der Waals surface area contributed by atoms with E-state index in [1.54, 1.807) is 0 Å². The Bertz CT molecular complexity index is 347. The fraction of sp³-hybridized carbons (Fsp3) is 0.400. The van der Waals surface area contributed by atoms with E-state index in [-0.39, 0.29) is 11.8 Å². The standard InChI is InChI=1S/C10H13ClNO2P/c1-8-10(9-6-4-3-5-7-9)14-12(11,13)15(8)2/h3-8,10H,1-2H3/t8-,10?,12?,15?/m0/s1. The molecule has 0 bridgehead atoms. The maximum Gasteiger partial charge on any atom is 0.207 e. The molecule has 1 fully saturated rings. The third kappa shape index (κ3) is 2.03. The van der Waals surface area contributed by atoms with Crippen LogP contribution < -0.4 is 0 Å². The van der Waals surface area contributed by atoms with Crippen molar-refractivity contribution >= 4 is 19.8 Å². The maximum absolute atomic E-state index is 11.7. The van der Waals surface area contributed by atoms with Gasteiger partial charge in [0.05, 0.1) is 5.66 Å². The summed E-state index contributed by atoms with van der Waals surface area (Å²) in [5, 5.41) is 11.7. The number of quaternary nitrogens is 1. The van der Waals surface area contributed by atoms with E-state index in [1.165, 1.54) is 0 Å². The number of benzene rings is 1. The molecule has 4 atom stereocenters. The SMILES string of the molecule is C[C@H]1C(c2ccccc2)O[N+]([O-])(Cl)P1C. The van der Waals surface area contributed by atoms with E-state index in [2.05, 4.69) is 0 Å². The molecule has 0 N–H and O–H groups in total. The molecule has 1 aliphatic rings. The lowest BCUT2D eigenvalue weighted by Crippen LogP contribution is -2.18. The van der Waals surface area contributed by atoms with Gasteiger partial charge in [0.1, 0.15) is 0 Å². The van der Waals surface area contributed by atoms with Crippen LogP contribution in [0.4, 0.5) is 0 Å². The van der Waals surface area contributed by atoms with Crippen molar-refractivity contribution in [1.29, 1.82) is 0 Å². The number of nitrogens with zero attached hydrogens (tertiary/aromatic N) is 1. The minimum Gasteiger partial charge on any atom is -0.579 e. The second kappa shape index (κ2) is 4.00. The van der Waals surface area contributed by atoms with Gasteiger partial charge in [-0.1, -0.05) is 34.4 Å². The van der Waals surface area contributed by atoms with Crippen molar-refractivity contribution in [1.82, 2.24) is 0 Å². The van der Waals surface area contributed by atoms with E-state index >= 15 is 0 Å². The van der Waals surface area contributed by atoms with Crippen molar-refractivity contribution in [2.24, 2.45) is 0 Å². The van der Waals surface area contributed by atoms with E-state index in [9.17, 15) is 5.21 Å². The van der Waals surface area contributed by atoms with Crippen LogP contribution in [0.5, 0.6) is 0 Å². The summed E-state index contributed by atoms with van der Waals surface area (Å²) in [7, 11) is -0.907. The first-order chi connectivity index (χ1) is 7.02. The Morgan fingerprint density at radius 2 is 2.00 bits per heavy atom. The molecule has 0 aliphatic carbocycles. The molecular formula is C10H13ClNO2P. The zero-order valence-corrected chi connectivity index (χ0v) is 10.3. The van der Waals surface area contributed by atoms with Gasteiger partial charge in [0.15, 0.2) is 14.2 Å². The third-order valence-electron chi connectivity index (χ3n) is 2.78. The van der Waals surface area contributed by atoms with Crippen molar-refractivity contribution in [2.45, 2.75) is 18.7 Å². The Kier molecular flexibility index (Phi) is 3.02. The Morgan fingerprint density at radius 1 is 1.40 bits per heavy atom. The smallest absolute Gasteiger partial charge is 0.207 e. The van der Waals surface area contributed by atoms with Crippen LogP contribution in [0.3, 0.4) is 0 Å². The van der Waals surface area contributed by atoms with Crippen LogP contribution in [0.1, 0.15) is 18.6 Å². The van der Waals surface area contributed by atoms with Crippen LogP contribution in [0.15, 0.2) is 30.3 Å². The molecule has 82 valence electrons. The Balaban J connectivity index is 2.27. The lowest BCUT2D eigenvalue weighted by Gasteiger charge is -2.27. The second-order valence-corrected chi connectivity index (χ2v) is 6.87. The number of hydrogen-bond acceptors (Lipinski definition) is 2. The molecule has 15 heavy (non-hydrogen) atoms. The van der Waals surface area contributed by atoms with Gasteiger partial charge in [-0.2, -0.15) is 4.84 Å². The molecule has 1 saturated heterocycles. The summed E-state index contributed by atoms with van der Waals surface area (Å²) in [6, 6.07) is 9.75. The molecule has 0 radical (unpaired) electrons. The third-order valence-corrected chi connectivity index (χ3v) is 5.87. The Morgan fingerprint density at radius 3 is 2.47 bits per heavy atom. The monoisotopic (exact) mass is 245 g/mol. The molecule has 0 amide bonds. The van der Waals surface area contributed by atoms with Gasteiger partial charge in [-0.15, -0.1) is 0 Å². The van der Waals surface area contributed by atoms with Gasteiger partial charge in [-0.3, -0.25) is 0 Å². The minimum absolute atomic E-state index is 0.178. The molecule has 0 aromatic heterocycles. The topological polar surface area (TPSA) is 32.3 Å². The fourth-order valence-corrected chi connectivity index (χ4v) is 3.50. The fourth-order valence-electron chi connectivity index (χ4n) is 1.70. The summed E-state index contributed by atoms with van der Waals surface area (Å²) in [5.74, 6) is 0. The van der Waals surface area contributed by atoms with Crippen molar-refractivity contribution in [3.63, 3.8) is 0 Å². The van der Waals surface area contributed by atoms with E-state index in [0.717, 1.165) is 5.56 Å². The highest BCUT2D eigenvalue weighted by molar-refractivity contribution is 7.52. The highest BCUT2D eigenvalue weighted by atomic mass is 35.5. The predicted molar refractivity (Wildman–Crippen MR) is 62.1 cm³/mol. The molecule has 2 rings (SSSR count). The minimum atomic E-state index is -1.06. The summed E-state index contributed by atoms with van der Waals surface area (Å²) in [4.78, 5) is 5.34. The summed E-state index contributed by atoms with van der Waals surface area (Å²) in [6.45, 7) is 3.90. The van der Waals surface area contributed by atoms with Crippen LogP contribution in [-0.2, 0) is 4.84 Å². The Hall–Kier alpha value is -0.180. The van der Waals surface area contributed by atoms with Crippen molar-refractivity contribution in [3.8, 4) is 0 Å². The van der Waals surface area contributed by atoms with Crippen LogP contribution in [-0.4, -0.2) is 16.4 Å². The summed E-state index contributed by atoms with van der Waals surface area (Å²) >= 11 is 5.75. The Labute approximate surface area is 95.6 Å². The van der Waals surface area contributed by atoms with Crippen LogP contribution >= 0.6 is 19.8 Å². The predicted octanol–water partition coefficient (Wildman–Crippen LogP) is 3.56. The number of halogens is 1. The highest BCUT2D eigenvalue weighted by Gasteiger charge is 2.48. The lowest BCUT2D eigenvalue weighted by molar-refractivity contribution is -0.868. The molecule has 0 saturated carbocycles. The van der Waals surface area contributed by atoms with E-state index in [4.69, 9.17) is 16.6 Å². The number of rotatable bonds is 1. The number of hydrogen-bond donors (Lipinski definition) is 0. The largest absolute Gasteiger partial charge is 0.579 e. The van der Waals surface area contributed by atoms with Gasteiger partial charge in [0, 0.05) is 6.66 Å². The quantitative estimate of drug-likeness (QED) is 0.431. The van der Waals surface area contributed by atoms with Crippen molar-refractivity contribution in [3.05, 3.63) is 41.1 Å². The van der Waals surface area contributed by atoms with Crippen LogP contribution in [0.25, 0.3) is 0 Å². The van der Waals surface area contributed by atoms with Gasteiger partial charge < -0.3 is 5.21 Å². The van der Waals surface area contributed by atoms with Gasteiger partial charge in [-0.05, 0) is 12.5 Å². The van der Waals surface area contributed by atoms with Crippen molar-refractivity contribution in [2.75, 3.05) is 6.66 Å². The van der Waals surface area contributed by atoms with E-state index in [1.807, 2.05) is 43.9 Å². The van der Waals surface area contributed by atoms with E-state index in [0.29, 0.717) is 0 Å². The average Bonchev–Trinajstić information content (AvgIpc) is 2.44. The summed E-state index contributed by atoms with van der Waals surface area (Å²) in [6.07, 6.45) is -0.183. The average molecular weight is 246 g/mol. The van der Waals surface area contributed by atoms with Gasteiger partial charge in [0.25, 0.3) is 0 Å². The first-order valence-electron chi connectivity index (χ1n) is 4.79. The van der Waals surface area contributed by atoms with Gasteiger partial charge >= 0.3 is 0 Å². The van der Waals surface area contributed by atoms with Crippen molar-refractivity contribution < 1.29 is 8.94 Å². The molecule has 1 aromatic rings. The molecule has 5 heteroatoms. The lowest BCUT2D eigenvalue weighted by atomic mass is 10.1. The zero-order valence-electron chi connectivity index (χ0n) is 8.63. The second-order valence-electron chi connectivity index (χ2n) is 3.70. The van der Waals surface area contributed by atoms with Gasteiger partial charge in [-0.25, -0.2) is 0 Å². The van der Waals surface area contributed by atoms with Gasteiger partial charge in [0.2, 0.25) is 11.8 Å². The molecule has 0 spiro atoms. The molecule has 3 unspecified atom stereocenters. The normalized spacial score (nSPS) is 40.7. The summed E-state index contributed by atoms with van der Waals surface area (Å²) < 4.78 is -1.06. The molecule has 1 heterocycles. The van der Waals surface area contributed by atoms with Crippen LogP contribution in [0, 0.1) is 5.21 Å². The zero-order chi connectivity index (χ0) is 11.1. The van der Waals surface area contributed by atoms with E-state index < -0.39 is 12.2 Å². The molecule has 1 aromatic carbocycles. The maximum atomic E-state index is 11.7. The molecular weight excluding hydrogens is 233 g/mol. The molecule has 3 nitrogen and oxygen atoms in total. The summed E-state index contributed by atoms with van der Waals surface area (Å²) in [5.41, 5.74) is 1.20. The molecule has 1 aliphatic heterocycles. The van der Waals surface area contributed by atoms with Crippen LogP contribution in [0.2, 0.25) is 0 Å². The first-order valence-corrected chi connectivity index (χ1v) is 6.93.